The summed E-state index contributed by atoms with van der Waals surface area (Å²) in [5.74, 6) is 0. The van der Waals surface area contributed by atoms with Crippen molar-refractivity contribution >= 4 is 46.0 Å². The van der Waals surface area contributed by atoms with E-state index in [9.17, 15) is 0 Å². The van der Waals surface area contributed by atoms with E-state index in [0.717, 1.165) is 0 Å². The molecule has 1 aromatic heterocycles. The topological polar surface area (TPSA) is 38.9 Å². The number of aromatic nitrogens is 1. The maximum atomic E-state index is 5.19. The second-order valence-corrected chi connectivity index (χ2v) is 1.80. The molecule has 4 heteroatoms. The Morgan fingerprint density at radius 2 is 2.43 bits per heavy atom. The third-order valence-corrected chi connectivity index (χ3v) is 1.06. The van der Waals surface area contributed by atoms with Gasteiger partial charge in [0.25, 0.3) is 0 Å². The van der Waals surface area contributed by atoms with Crippen molar-refractivity contribution in [2.24, 2.45) is 0 Å². The summed E-state index contributed by atoms with van der Waals surface area (Å²) in [5.41, 5.74) is 5.19. The van der Waals surface area contributed by atoms with E-state index in [-0.39, 0.29) is 29.6 Å². The normalized spacial score (nSPS) is 7.43. The molecule has 0 unspecified atom stereocenters. The molecule has 0 aliphatic carbocycles. The van der Waals surface area contributed by atoms with E-state index in [4.69, 9.17) is 5.73 Å². The molecule has 0 radical (unpaired) electrons. The average molecular weight is 124 g/mol. The van der Waals surface area contributed by atoms with Gasteiger partial charge in [0, 0.05) is 11.6 Å². The first-order chi connectivity index (χ1) is 2.89. The zero-order valence-electron chi connectivity index (χ0n) is 3.09. The molecule has 1 heterocycles. The standard InChI is InChI=1S/C3H4N2S.Na.H/c4-3-5-1-2-6-3;;/h1-2H,(H2,4,5);;. The zero-order chi connectivity index (χ0) is 4.41. The predicted octanol–water partition coefficient (Wildman–Crippen LogP) is 0.0768. The Kier molecular flexibility index (Phi) is 3.65. The molecule has 1 aromatic rings. The van der Waals surface area contributed by atoms with Gasteiger partial charge in [-0.15, -0.1) is 11.3 Å². The monoisotopic (exact) mass is 124 g/mol. The fourth-order valence-electron chi connectivity index (χ4n) is 0.234. The molecule has 0 saturated heterocycles. The summed E-state index contributed by atoms with van der Waals surface area (Å²) in [7, 11) is 0. The summed E-state index contributed by atoms with van der Waals surface area (Å²) < 4.78 is 0. The third kappa shape index (κ3) is 2.29. The van der Waals surface area contributed by atoms with Crippen LogP contribution in [0.15, 0.2) is 11.6 Å². The molecule has 0 bridgehead atoms. The Hall–Kier alpha value is 0.430. The molecule has 7 heavy (non-hydrogen) atoms. The molecular formula is C3H5N2NaS. The van der Waals surface area contributed by atoms with E-state index < -0.39 is 0 Å². The average Bonchev–Trinajstić information content (AvgIpc) is 1.86. The fraction of sp³-hybridized carbons (Fsp3) is 0. The van der Waals surface area contributed by atoms with E-state index in [1.54, 1.807) is 6.20 Å². The number of nitrogens with zero attached hydrogens (tertiary/aromatic N) is 1. The van der Waals surface area contributed by atoms with Crippen molar-refractivity contribution in [1.82, 2.24) is 4.98 Å². The molecule has 2 N–H and O–H groups in total. The number of nitrogen functional groups attached to an aromatic ring is 1. The Morgan fingerprint density at radius 1 is 1.71 bits per heavy atom. The molecular weight excluding hydrogens is 119 g/mol. The van der Waals surface area contributed by atoms with Gasteiger partial charge in [-0.2, -0.15) is 0 Å². The number of anilines is 1. The van der Waals surface area contributed by atoms with Crippen LogP contribution in [0.1, 0.15) is 0 Å². The van der Waals surface area contributed by atoms with Crippen molar-refractivity contribution in [1.29, 1.82) is 0 Å². The van der Waals surface area contributed by atoms with E-state index >= 15 is 0 Å². The van der Waals surface area contributed by atoms with Crippen LogP contribution in [0.3, 0.4) is 0 Å². The van der Waals surface area contributed by atoms with Crippen molar-refractivity contribution in [2.45, 2.75) is 0 Å². The molecule has 1 rings (SSSR count). The summed E-state index contributed by atoms with van der Waals surface area (Å²) in [5, 5.41) is 2.48. The summed E-state index contributed by atoms with van der Waals surface area (Å²) in [6.45, 7) is 0. The summed E-state index contributed by atoms with van der Waals surface area (Å²) >= 11 is 1.44. The Morgan fingerprint density at radius 3 is 2.57 bits per heavy atom. The van der Waals surface area contributed by atoms with Gasteiger partial charge in [0.15, 0.2) is 5.13 Å². The number of hydrogen-bond donors (Lipinski definition) is 1. The number of hydrogen-bond acceptors (Lipinski definition) is 3. The van der Waals surface area contributed by atoms with Crippen LogP contribution in [0.5, 0.6) is 0 Å². The summed E-state index contributed by atoms with van der Waals surface area (Å²) in [4.78, 5) is 3.71. The third-order valence-electron chi connectivity index (χ3n) is 0.451. The van der Waals surface area contributed by atoms with Crippen molar-refractivity contribution in [3.8, 4) is 0 Å². The Bertz CT molecular complexity index is 116. The number of rotatable bonds is 0. The van der Waals surface area contributed by atoms with Crippen LogP contribution in [0.4, 0.5) is 5.13 Å². The molecule has 0 saturated carbocycles. The summed E-state index contributed by atoms with van der Waals surface area (Å²) in [6, 6.07) is 0. The molecule has 0 amide bonds. The van der Waals surface area contributed by atoms with E-state index in [0.29, 0.717) is 5.13 Å². The zero-order valence-corrected chi connectivity index (χ0v) is 3.90. The van der Waals surface area contributed by atoms with Gasteiger partial charge in [0.1, 0.15) is 0 Å². The quantitative estimate of drug-likeness (QED) is 0.497. The van der Waals surface area contributed by atoms with E-state index in [1.807, 2.05) is 5.38 Å². The van der Waals surface area contributed by atoms with Crippen molar-refractivity contribution in [2.75, 3.05) is 5.73 Å². The second-order valence-electron chi connectivity index (χ2n) is 0.870. The van der Waals surface area contributed by atoms with Gasteiger partial charge < -0.3 is 5.73 Å². The van der Waals surface area contributed by atoms with Crippen LogP contribution in [0.2, 0.25) is 0 Å². The van der Waals surface area contributed by atoms with Crippen LogP contribution in [0, 0.1) is 0 Å². The van der Waals surface area contributed by atoms with Gasteiger partial charge in [0.2, 0.25) is 0 Å². The van der Waals surface area contributed by atoms with Gasteiger partial charge in [-0.3, -0.25) is 0 Å². The molecule has 0 aliphatic heterocycles. The van der Waals surface area contributed by atoms with Crippen LogP contribution in [0.25, 0.3) is 0 Å². The van der Waals surface area contributed by atoms with Crippen molar-refractivity contribution < 1.29 is 0 Å². The van der Waals surface area contributed by atoms with Crippen molar-refractivity contribution in [3.63, 3.8) is 0 Å². The Labute approximate surface area is 68.0 Å². The molecule has 2 nitrogen and oxygen atoms in total. The maximum absolute atomic E-state index is 5.19. The number of thiazole rings is 1. The van der Waals surface area contributed by atoms with Crippen LogP contribution >= 0.6 is 11.3 Å². The van der Waals surface area contributed by atoms with Crippen LogP contribution in [-0.2, 0) is 0 Å². The van der Waals surface area contributed by atoms with Crippen LogP contribution < -0.4 is 5.73 Å². The van der Waals surface area contributed by atoms with E-state index in [2.05, 4.69) is 4.98 Å². The minimum absolute atomic E-state index is 0. The van der Waals surface area contributed by atoms with E-state index in [1.165, 1.54) is 11.3 Å². The first-order valence-corrected chi connectivity index (χ1v) is 2.42. The Balaban J connectivity index is 0.000000360. The molecule has 0 atom stereocenters. The van der Waals surface area contributed by atoms with Gasteiger partial charge in [-0.05, 0) is 0 Å². The van der Waals surface area contributed by atoms with Crippen molar-refractivity contribution in [3.05, 3.63) is 11.6 Å². The fourth-order valence-corrected chi connectivity index (χ4v) is 0.617. The minimum atomic E-state index is 0. The predicted molar refractivity (Wildman–Crippen MR) is 33.7 cm³/mol. The summed E-state index contributed by atoms with van der Waals surface area (Å²) in [6.07, 6.45) is 1.68. The van der Waals surface area contributed by atoms with Gasteiger partial charge in [-0.1, -0.05) is 0 Å². The molecule has 0 aliphatic rings. The molecule has 0 fully saturated rings. The molecule has 34 valence electrons. The molecule has 0 spiro atoms. The first kappa shape index (κ1) is 7.43. The van der Waals surface area contributed by atoms with Crippen LogP contribution in [-0.4, -0.2) is 34.5 Å². The second kappa shape index (κ2) is 3.43. The van der Waals surface area contributed by atoms with Gasteiger partial charge >= 0.3 is 29.6 Å². The number of nitrogens with two attached hydrogens (primary N) is 1. The van der Waals surface area contributed by atoms with Gasteiger partial charge in [-0.25, -0.2) is 4.98 Å². The molecule has 0 aromatic carbocycles. The van der Waals surface area contributed by atoms with Gasteiger partial charge in [0.05, 0.1) is 0 Å². The SMILES string of the molecule is Nc1nccs1.[NaH]. The first-order valence-electron chi connectivity index (χ1n) is 1.54.